The van der Waals surface area contributed by atoms with E-state index in [2.05, 4.69) is 0 Å². The van der Waals surface area contributed by atoms with E-state index < -0.39 is 35.2 Å². The summed E-state index contributed by atoms with van der Waals surface area (Å²) in [5, 5.41) is 20.3. The van der Waals surface area contributed by atoms with Gasteiger partial charge in [-0.3, -0.25) is 24.1 Å². The number of nitrogens with zero attached hydrogens (tertiary/aromatic N) is 3. The predicted molar refractivity (Wildman–Crippen MR) is 92.3 cm³/mol. The van der Waals surface area contributed by atoms with Gasteiger partial charge >= 0.3 is 35.5 Å². The van der Waals surface area contributed by atoms with Crippen molar-refractivity contribution in [2.75, 3.05) is 31.0 Å². The number of nitriles is 1. The quantitative estimate of drug-likeness (QED) is 0.120. The van der Waals surface area contributed by atoms with Gasteiger partial charge in [0.15, 0.2) is 6.04 Å². The molecule has 1 saturated heterocycles. The first-order valence-electron chi connectivity index (χ1n) is 7.65. The van der Waals surface area contributed by atoms with Gasteiger partial charge in [-0.1, -0.05) is 0 Å². The number of rotatable bonds is 8. The Hall–Kier alpha value is -1.23. The van der Waals surface area contributed by atoms with Crippen molar-refractivity contribution >= 4 is 47.3 Å². The number of hydrogen-bond donors (Lipinski definition) is 0. The maximum absolute atomic E-state index is 12.6. The van der Waals surface area contributed by atoms with Crippen molar-refractivity contribution in [1.29, 1.82) is 5.26 Å². The SMILES string of the molecule is CON(C(=O)CSCC#N)C1C(=O)N2C(C(=O)[O-])=C(COC(C)=O)CSC12.[Na+]. The standard InChI is InChI=1S/C15H17N3O7S2.Na/c1-8(19)25-5-9-6-27-14-12(13(21)17(14)11(9)15(22)23)18(24-2)10(20)7-26-4-3-16;/h12,14H,4-7H2,1-2H3,(H,22,23);/q;+1/p-1. The average molecular weight is 437 g/mol. The zero-order chi connectivity index (χ0) is 20.1. The second kappa shape index (κ2) is 11.1. The van der Waals surface area contributed by atoms with Crippen LogP contribution in [0, 0.1) is 11.3 Å². The molecule has 0 bridgehead atoms. The number of carboxylic acid groups (broad SMARTS) is 1. The van der Waals surface area contributed by atoms with Crippen LogP contribution < -0.4 is 34.7 Å². The van der Waals surface area contributed by atoms with Crippen molar-refractivity contribution in [1.82, 2.24) is 9.96 Å². The third-order valence-electron chi connectivity index (χ3n) is 3.75. The minimum Gasteiger partial charge on any atom is -0.543 e. The number of carboxylic acids is 1. The van der Waals surface area contributed by atoms with Crippen LogP contribution in [-0.2, 0) is 28.8 Å². The van der Waals surface area contributed by atoms with Crippen molar-refractivity contribution in [3.63, 3.8) is 0 Å². The van der Waals surface area contributed by atoms with Gasteiger partial charge in [0.1, 0.15) is 12.0 Å². The maximum atomic E-state index is 12.6. The molecule has 2 aliphatic rings. The molecule has 0 radical (unpaired) electrons. The molecule has 0 N–H and O–H groups in total. The van der Waals surface area contributed by atoms with Crippen LogP contribution in [-0.4, -0.2) is 76.1 Å². The summed E-state index contributed by atoms with van der Waals surface area (Å²) in [6, 6.07) is 0.906. The van der Waals surface area contributed by atoms with Crippen LogP contribution in [0.15, 0.2) is 11.3 Å². The summed E-state index contributed by atoms with van der Waals surface area (Å²) in [4.78, 5) is 53.4. The van der Waals surface area contributed by atoms with Gasteiger partial charge in [-0.2, -0.15) is 5.26 Å². The molecule has 1 fully saturated rings. The molecule has 0 aromatic rings. The van der Waals surface area contributed by atoms with Crippen LogP contribution >= 0.6 is 23.5 Å². The van der Waals surface area contributed by atoms with Crippen LogP contribution in [0.2, 0.25) is 0 Å². The van der Waals surface area contributed by atoms with Crippen molar-refractivity contribution in [3.05, 3.63) is 11.3 Å². The number of ether oxygens (including phenoxy) is 1. The number of β-lactam (4-membered cyclic amide) rings is 1. The van der Waals surface area contributed by atoms with Crippen LogP contribution in [0.4, 0.5) is 0 Å². The Morgan fingerprint density at radius 1 is 1.46 bits per heavy atom. The van der Waals surface area contributed by atoms with Gasteiger partial charge in [0, 0.05) is 18.2 Å². The van der Waals surface area contributed by atoms with Crippen LogP contribution in [0.25, 0.3) is 0 Å². The number of aliphatic carboxylic acids is 1. The summed E-state index contributed by atoms with van der Waals surface area (Å²) in [5.74, 6) is -3.02. The predicted octanol–water partition coefficient (Wildman–Crippen LogP) is -4.51. The zero-order valence-electron chi connectivity index (χ0n) is 15.5. The zero-order valence-corrected chi connectivity index (χ0v) is 19.1. The molecule has 0 aliphatic carbocycles. The molecular formula is C15H16N3NaO7S2. The summed E-state index contributed by atoms with van der Waals surface area (Å²) in [5.41, 5.74) is -0.0956. The molecule has 2 aliphatic heterocycles. The van der Waals surface area contributed by atoms with Gasteiger partial charge in [0.2, 0.25) is 0 Å². The number of carbonyl (C=O) groups excluding carboxylic acids is 4. The molecule has 0 aromatic carbocycles. The normalized spacial score (nSPS) is 20.3. The van der Waals surface area contributed by atoms with E-state index in [1.54, 1.807) is 0 Å². The summed E-state index contributed by atoms with van der Waals surface area (Å²) in [6.07, 6.45) is 0. The van der Waals surface area contributed by atoms with Crippen molar-refractivity contribution in [2.45, 2.75) is 18.3 Å². The summed E-state index contributed by atoms with van der Waals surface area (Å²) in [6.45, 7) is 0.930. The number of esters is 1. The first-order chi connectivity index (χ1) is 12.8. The number of carbonyl (C=O) groups is 4. The second-order valence-electron chi connectivity index (χ2n) is 5.43. The monoisotopic (exact) mass is 437 g/mol. The van der Waals surface area contributed by atoms with E-state index in [0.29, 0.717) is 0 Å². The number of amides is 2. The van der Waals surface area contributed by atoms with Crippen molar-refractivity contribution < 1.29 is 63.4 Å². The van der Waals surface area contributed by atoms with E-state index in [1.807, 2.05) is 6.07 Å². The van der Waals surface area contributed by atoms with Crippen LogP contribution in [0.1, 0.15) is 6.92 Å². The number of hydrogen-bond acceptors (Lipinski definition) is 10. The smallest absolute Gasteiger partial charge is 0.543 e. The third-order valence-corrected chi connectivity index (χ3v) is 5.86. The van der Waals surface area contributed by atoms with Gasteiger partial charge < -0.3 is 14.6 Å². The average Bonchev–Trinajstić information content (AvgIpc) is 2.63. The van der Waals surface area contributed by atoms with Gasteiger partial charge in [-0.05, 0) is 0 Å². The molecule has 2 unspecified atom stereocenters. The van der Waals surface area contributed by atoms with Crippen molar-refractivity contribution in [2.24, 2.45) is 0 Å². The van der Waals surface area contributed by atoms with Gasteiger partial charge in [0.25, 0.3) is 11.8 Å². The van der Waals surface area contributed by atoms with E-state index >= 15 is 0 Å². The number of hydroxylamine groups is 2. The van der Waals surface area contributed by atoms with Gasteiger partial charge in [-0.15, -0.1) is 23.5 Å². The molecular weight excluding hydrogens is 421 g/mol. The Bertz CT molecular complexity index is 740. The van der Waals surface area contributed by atoms with E-state index in [0.717, 1.165) is 21.7 Å². The topological polar surface area (TPSA) is 140 Å². The molecule has 2 heterocycles. The fraction of sp³-hybridized carbons (Fsp3) is 0.533. The first-order valence-corrected chi connectivity index (χ1v) is 9.86. The molecule has 0 spiro atoms. The van der Waals surface area contributed by atoms with E-state index in [9.17, 15) is 24.3 Å². The fourth-order valence-electron chi connectivity index (χ4n) is 2.65. The molecule has 28 heavy (non-hydrogen) atoms. The molecule has 0 aromatic heterocycles. The Labute approximate surface area is 191 Å². The molecule has 10 nitrogen and oxygen atoms in total. The minimum absolute atomic E-state index is 0. The largest absolute Gasteiger partial charge is 1.00 e. The molecule has 2 atom stereocenters. The molecule has 0 saturated carbocycles. The summed E-state index contributed by atoms with van der Waals surface area (Å²) < 4.78 is 4.84. The second-order valence-corrected chi connectivity index (χ2v) is 7.52. The van der Waals surface area contributed by atoms with E-state index in [-0.39, 0.29) is 64.7 Å². The van der Waals surface area contributed by atoms with Crippen molar-refractivity contribution in [3.8, 4) is 6.07 Å². The molecule has 2 rings (SSSR count). The molecule has 146 valence electrons. The number of thioether (sulfide) groups is 2. The van der Waals surface area contributed by atoms with Gasteiger partial charge in [0.05, 0.1) is 36.4 Å². The van der Waals surface area contributed by atoms with E-state index in [4.69, 9.17) is 14.8 Å². The Morgan fingerprint density at radius 2 is 2.14 bits per heavy atom. The molecule has 2 amide bonds. The van der Waals surface area contributed by atoms with E-state index in [1.165, 1.54) is 25.8 Å². The summed E-state index contributed by atoms with van der Waals surface area (Å²) in [7, 11) is 1.23. The van der Waals surface area contributed by atoms with Crippen LogP contribution in [0.5, 0.6) is 0 Å². The van der Waals surface area contributed by atoms with Gasteiger partial charge in [-0.25, -0.2) is 5.06 Å². The Balaban J connectivity index is 0.00000392. The maximum Gasteiger partial charge on any atom is 1.00 e. The fourth-order valence-corrected chi connectivity index (χ4v) is 4.51. The number of fused-ring (bicyclic) bond motifs is 1. The Morgan fingerprint density at radius 3 is 2.68 bits per heavy atom. The minimum atomic E-state index is -1.56. The summed E-state index contributed by atoms with van der Waals surface area (Å²) >= 11 is 2.30. The van der Waals surface area contributed by atoms with Crippen LogP contribution in [0.3, 0.4) is 0 Å². The molecule has 13 heteroatoms. The Kier molecular flexibility index (Phi) is 9.82. The third kappa shape index (κ3) is 5.22. The first kappa shape index (κ1) is 24.8.